The smallest absolute Gasteiger partial charge is 0.126 e. The molecule has 2 bridgehead atoms. The third kappa shape index (κ3) is 4.06. The normalized spacial score (nSPS) is 49.3. The first kappa shape index (κ1) is 21.1. The van der Waals surface area contributed by atoms with Crippen molar-refractivity contribution in [3.8, 4) is 0 Å². The van der Waals surface area contributed by atoms with Crippen LogP contribution in [0.15, 0.2) is 0 Å². The van der Waals surface area contributed by atoms with E-state index in [4.69, 9.17) is 0 Å². The van der Waals surface area contributed by atoms with E-state index in [1.54, 1.807) is 0 Å². The Kier molecular flexibility index (Phi) is 6.46. The number of fused-ring (bicyclic) bond motifs is 3. The number of aliphatic hydroxyl groups is 1. The van der Waals surface area contributed by atoms with Gasteiger partial charge in [0.25, 0.3) is 0 Å². The Hall–Kier alpha value is -0.110. The van der Waals surface area contributed by atoms with Crippen LogP contribution < -0.4 is 0 Å². The molecule has 0 aromatic rings. The molecule has 0 spiro atoms. The van der Waals surface area contributed by atoms with Crippen molar-refractivity contribution in [2.75, 3.05) is 0 Å². The Bertz CT molecular complexity index is 472. The van der Waals surface area contributed by atoms with Crippen LogP contribution in [0.25, 0.3) is 0 Å². The second-order valence-electron chi connectivity index (χ2n) is 11.6. The van der Waals surface area contributed by atoms with Crippen molar-refractivity contribution in [2.24, 2.45) is 34.5 Å². The van der Waals surface area contributed by atoms with Gasteiger partial charge in [-0.25, -0.2) is 4.39 Å². The zero-order chi connectivity index (χ0) is 19.8. The van der Waals surface area contributed by atoms with Crippen LogP contribution in [-0.2, 0) is 0 Å². The third-order valence-corrected chi connectivity index (χ3v) is 10.2. The lowest BCUT2D eigenvalue weighted by atomic mass is 9.47. The van der Waals surface area contributed by atoms with Crippen molar-refractivity contribution >= 4 is 0 Å². The number of rotatable bonds is 6. The van der Waals surface area contributed by atoms with E-state index in [1.165, 1.54) is 89.9 Å². The number of hydrogen-bond acceptors (Lipinski definition) is 1. The minimum atomic E-state index is -0.984. The minimum absolute atomic E-state index is 0.141. The predicted molar refractivity (Wildman–Crippen MR) is 115 cm³/mol. The van der Waals surface area contributed by atoms with Crippen LogP contribution >= 0.6 is 0 Å². The summed E-state index contributed by atoms with van der Waals surface area (Å²) in [6.07, 6.45) is 20.2. The molecule has 5 saturated carbocycles. The lowest BCUT2D eigenvalue weighted by molar-refractivity contribution is -0.0730. The molecule has 1 N–H and O–H groups in total. The highest BCUT2D eigenvalue weighted by atomic mass is 19.1. The van der Waals surface area contributed by atoms with Crippen LogP contribution in [-0.4, -0.2) is 17.4 Å². The van der Waals surface area contributed by atoms with Gasteiger partial charge in [0.05, 0.1) is 6.10 Å². The van der Waals surface area contributed by atoms with Gasteiger partial charge < -0.3 is 5.11 Å². The molecule has 28 heavy (non-hydrogen) atoms. The fraction of sp³-hybridized carbons (Fsp3) is 1.00. The Morgan fingerprint density at radius 2 is 1.50 bits per heavy atom. The molecular weight excluding hydrogens is 347 g/mol. The number of hydrogen-bond donors (Lipinski definition) is 1. The minimum Gasteiger partial charge on any atom is -0.390 e. The molecule has 162 valence electrons. The predicted octanol–water partition coefficient (Wildman–Crippen LogP) is 7.46. The number of halogens is 1. The van der Waals surface area contributed by atoms with Gasteiger partial charge in [-0.05, 0) is 118 Å². The molecule has 0 radical (unpaired) electrons. The second kappa shape index (κ2) is 8.56. The first-order valence-electron chi connectivity index (χ1n) is 12.8. The van der Waals surface area contributed by atoms with Gasteiger partial charge >= 0.3 is 0 Å². The molecule has 0 heterocycles. The van der Waals surface area contributed by atoms with Gasteiger partial charge in [-0.2, -0.15) is 0 Å². The van der Waals surface area contributed by atoms with E-state index in [9.17, 15) is 9.50 Å². The molecule has 4 atom stereocenters. The van der Waals surface area contributed by atoms with Gasteiger partial charge in [-0.3, -0.25) is 0 Å². The molecule has 0 amide bonds. The van der Waals surface area contributed by atoms with E-state index in [1.807, 2.05) is 6.92 Å². The van der Waals surface area contributed by atoms with Gasteiger partial charge in [0.15, 0.2) is 0 Å². The van der Waals surface area contributed by atoms with Crippen molar-refractivity contribution in [1.29, 1.82) is 0 Å². The number of alkyl halides is 1. The summed E-state index contributed by atoms with van der Waals surface area (Å²) in [5.74, 6) is 2.34. The van der Waals surface area contributed by atoms with E-state index >= 15 is 0 Å². The molecular formula is C26H45FO. The van der Waals surface area contributed by atoms with Crippen LogP contribution in [0.5, 0.6) is 0 Å². The molecule has 4 unspecified atom stereocenters. The molecule has 5 aliphatic rings. The molecule has 5 fully saturated rings. The Morgan fingerprint density at radius 3 is 2.07 bits per heavy atom. The number of aliphatic hydroxyl groups excluding tert-OH is 1. The van der Waals surface area contributed by atoms with Gasteiger partial charge in [0.2, 0.25) is 0 Å². The average molecular weight is 393 g/mol. The second-order valence-corrected chi connectivity index (χ2v) is 11.6. The van der Waals surface area contributed by atoms with Crippen LogP contribution in [0.2, 0.25) is 0 Å². The van der Waals surface area contributed by atoms with Gasteiger partial charge in [0, 0.05) is 0 Å². The highest BCUT2D eigenvalue weighted by Gasteiger charge is 2.52. The third-order valence-electron chi connectivity index (χ3n) is 10.2. The quantitative estimate of drug-likeness (QED) is 0.465. The monoisotopic (exact) mass is 392 g/mol. The maximum absolute atomic E-state index is 14.2. The largest absolute Gasteiger partial charge is 0.390 e. The Morgan fingerprint density at radius 1 is 0.857 bits per heavy atom. The SMILES string of the molecule is CCCCCC12CCC(C3CCC(C4CC(C)C(O)C(F)C4)CC3)(CC1)CC2. The summed E-state index contributed by atoms with van der Waals surface area (Å²) in [5.41, 5.74) is 1.40. The Labute approximate surface area is 173 Å². The molecule has 1 nitrogen and oxygen atoms in total. The van der Waals surface area contributed by atoms with E-state index in [2.05, 4.69) is 6.92 Å². The molecule has 0 aliphatic heterocycles. The molecule has 0 saturated heterocycles. The van der Waals surface area contributed by atoms with Crippen molar-refractivity contribution in [3.63, 3.8) is 0 Å². The highest BCUT2D eigenvalue weighted by molar-refractivity contribution is 5.03. The van der Waals surface area contributed by atoms with E-state index in [-0.39, 0.29) is 5.92 Å². The lowest BCUT2D eigenvalue weighted by Gasteiger charge is -2.58. The summed E-state index contributed by atoms with van der Waals surface area (Å²) in [6.45, 7) is 4.37. The fourth-order valence-corrected chi connectivity index (χ4v) is 8.12. The maximum Gasteiger partial charge on any atom is 0.126 e. The van der Waals surface area contributed by atoms with Gasteiger partial charge in [-0.1, -0.05) is 33.1 Å². The van der Waals surface area contributed by atoms with Crippen molar-refractivity contribution in [3.05, 3.63) is 0 Å². The summed E-state index contributed by atoms with van der Waals surface area (Å²) in [5, 5.41) is 9.96. The molecule has 5 rings (SSSR count). The molecule has 0 aromatic carbocycles. The van der Waals surface area contributed by atoms with Crippen LogP contribution in [0, 0.1) is 34.5 Å². The fourth-order valence-electron chi connectivity index (χ4n) is 8.12. The van der Waals surface area contributed by atoms with Crippen molar-refractivity contribution < 1.29 is 9.50 Å². The first-order valence-corrected chi connectivity index (χ1v) is 12.8. The molecule has 5 aliphatic carbocycles. The lowest BCUT2D eigenvalue weighted by Crippen LogP contribution is -2.47. The van der Waals surface area contributed by atoms with E-state index in [0.717, 1.165) is 23.7 Å². The molecule has 2 heteroatoms. The van der Waals surface area contributed by atoms with Crippen LogP contribution in [0.1, 0.15) is 117 Å². The summed E-state index contributed by atoms with van der Waals surface area (Å²) >= 11 is 0. The summed E-state index contributed by atoms with van der Waals surface area (Å²) in [4.78, 5) is 0. The van der Waals surface area contributed by atoms with Crippen molar-refractivity contribution in [1.82, 2.24) is 0 Å². The van der Waals surface area contributed by atoms with E-state index in [0.29, 0.717) is 17.8 Å². The molecule has 0 aromatic heterocycles. The van der Waals surface area contributed by atoms with E-state index < -0.39 is 12.3 Å². The Balaban J connectivity index is 1.28. The average Bonchev–Trinajstić information content (AvgIpc) is 2.73. The standard InChI is InChI=1S/C26H45FO/c1-3-4-5-10-25-11-14-26(15-12-25,16-13-25)22-8-6-20(7-9-22)21-17-19(2)24(28)23(27)18-21/h19-24,28H,3-18H2,1-2H3. The maximum atomic E-state index is 14.2. The van der Waals surface area contributed by atoms with Gasteiger partial charge in [0.1, 0.15) is 6.17 Å². The topological polar surface area (TPSA) is 20.2 Å². The van der Waals surface area contributed by atoms with Crippen LogP contribution in [0.3, 0.4) is 0 Å². The zero-order valence-corrected chi connectivity index (χ0v) is 18.6. The summed E-state index contributed by atoms with van der Waals surface area (Å²) in [7, 11) is 0. The number of unbranched alkanes of at least 4 members (excludes halogenated alkanes) is 2. The summed E-state index contributed by atoms with van der Waals surface area (Å²) < 4.78 is 14.2. The first-order chi connectivity index (χ1) is 13.5. The zero-order valence-electron chi connectivity index (χ0n) is 18.6. The van der Waals surface area contributed by atoms with Crippen molar-refractivity contribution in [2.45, 2.75) is 129 Å². The van der Waals surface area contributed by atoms with Gasteiger partial charge in [-0.15, -0.1) is 0 Å². The van der Waals surface area contributed by atoms with Crippen LogP contribution in [0.4, 0.5) is 4.39 Å². The highest BCUT2D eigenvalue weighted by Crippen LogP contribution is 2.63. The summed E-state index contributed by atoms with van der Waals surface area (Å²) in [6, 6.07) is 0.